The van der Waals surface area contributed by atoms with Crippen LogP contribution in [0.4, 0.5) is 14.5 Å². The molecule has 1 aromatic carbocycles. The van der Waals surface area contributed by atoms with Crippen LogP contribution in [0.15, 0.2) is 18.3 Å². The van der Waals surface area contributed by atoms with Crippen LogP contribution in [0.3, 0.4) is 0 Å². The standard InChI is InChI=1S/C8H6F2N2/c9-5-3-6(11)8-4(7(5)10)1-2-12-8/h1-3,12H,11H2. The van der Waals surface area contributed by atoms with E-state index in [-0.39, 0.29) is 11.1 Å². The van der Waals surface area contributed by atoms with Crippen molar-refractivity contribution in [2.75, 3.05) is 5.73 Å². The number of anilines is 1. The highest BCUT2D eigenvalue weighted by Gasteiger charge is 2.10. The maximum Gasteiger partial charge on any atom is 0.168 e. The van der Waals surface area contributed by atoms with Gasteiger partial charge in [-0.2, -0.15) is 0 Å². The molecule has 12 heavy (non-hydrogen) atoms. The van der Waals surface area contributed by atoms with Gasteiger partial charge >= 0.3 is 0 Å². The van der Waals surface area contributed by atoms with Gasteiger partial charge in [-0.25, -0.2) is 8.78 Å². The van der Waals surface area contributed by atoms with E-state index >= 15 is 0 Å². The van der Waals surface area contributed by atoms with E-state index in [0.717, 1.165) is 6.07 Å². The second kappa shape index (κ2) is 2.20. The highest BCUT2D eigenvalue weighted by Crippen LogP contribution is 2.24. The molecular formula is C8H6F2N2. The minimum Gasteiger partial charge on any atom is -0.397 e. The Balaban J connectivity index is 2.97. The summed E-state index contributed by atoms with van der Waals surface area (Å²) in [5, 5.41) is 0.188. The molecule has 0 aliphatic rings. The number of hydrogen-bond acceptors (Lipinski definition) is 1. The molecule has 0 aliphatic heterocycles. The molecule has 2 aromatic rings. The third kappa shape index (κ3) is 0.777. The second-order valence-electron chi connectivity index (χ2n) is 2.53. The van der Waals surface area contributed by atoms with Crippen LogP contribution in [0.5, 0.6) is 0 Å². The van der Waals surface area contributed by atoms with Crippen molar-refractivity contribution in [3.8, 4) is 0 Å². The van der Waals surface area contributed by atoms with Crippen molar-refractivity contribution in [1.29, 1.82) is 0 Å². The van der Waals surface area contributed by atoms with Gasteiger partial charge in [0.25, 0.3) is 0 Å². The van der Waals surface area contributed by atoms with Crippen molar-refractivity contribution in [3.05, 3.63) is 30.0 Å². The highest BCUT2D eigenvalue weighted by molar-refractivity contribution is 5.90. The topological polar surface area (TPSA) is 41.8 Å². The number of H-pyrrole nitrogens is 1. The summed E-state index contributed by atoms with van der Waals surface area (Å²) < 4.78 is 25.7. The van der Waals surface area contributed by atoms with Gasteiger partial charge in [0.1, 0.15) is 0 Å². The van der Waals surface area contributed by atoms with Crippen LogP contribution in [0.2, 0.25) is 0 Å². The van der Waals surface area contributed by atoms with Gasteiger partial charge in [0.05, 0.1) is 11.2 Å². The Morgan fingerprint density at radius 1 is 1.33 bits per heavy atom. The molecule has 0 aliphatic carbocycles. The summed E-state index contributed by atoms with van der Waals surface area (Å²) in [4.78, 5) is 2.72. The Morgan fingerprint density at radius 3 is 2.83 bits per heavy atom. The molecule has 2 rings (SSSR count). The van der Waals surface area contributed by atoms with Gasteiger partial charge in [0.15, 0.2) is 11.6 Å². The van der Waals surface area contributed by atoms with E-state index in [4.69, 9.17) is 5.73 Å². The van der Waals surface area contributed by atoms with E-state index in [1.54, 1.807) is 0 Å². The zero-order valence-electron chi connectivity index (χ0n) is 6.07. The molecular weight excluding hydrogens is 162 g/mol. The SMILES string of the molecule is Nc1cc(F)c(F)c2cc[nH]c12. The van der Waals surface area contributed by atoms with E-state index in [9.17, 15) is 8.78 Å². The molecule has 0 amide bonds. The van der Waals surface area contributed by atoms with Crippen LogP contribution in [-0.4, -0.2) is 4.98 Å². The van der Waals surface area contributed by atoms with E-state index in [1.165, 1.54) is 12.3 Å². The average molecular weight is 168 g/mol. The van der Waals surface area contributed by atoms with Crippen LogP contribution < -0.4 is 5.73 Å². The quantitative estimate of drug-likeness (QED) is 0.580. The van der Waals surface area contributed by atoms with Gasteiger partial charge < -0.3 is 10.7 Å². The monoisotopic (exact) mass is 168 g/mol. The average Bonchev–Trinajstić information content (AvgIpc) is 2.48. The van der Waals surface area contributed by atoms with Gasteiger partial charge in [-0.1, -0.05) is 0 Å². The Morgan fingerprint density at radius 2 is 2.08 bits per heavy atom. The molecule has 0 bridgehead atoms. The molecule has 0 atom stereocenters. The number of fused-ring (bicyclic) bond motifs is 1. The number of rotatable bonds is 0. The lowest BCUT2D eigenvalue weighted by atomic mass is 10.2. The molecule has 0 radical (unpaired) electrons. The van der Waals surface area contributed by atoms with Gasteiger partial charge in [0, 0.05) is 17.6 Å². The molecule has 0 saturated heterocycles. The van der Waals surface area contributed by atoms with Crippen molar-refractivity contribution in [3.63, 3.8) is 0 Å². The van der Waals surface area contributed by atoms with E-state index in [1.807, 2.05) is 0 Å². The predicted octanol–water partition coefficient (Wildman–Crippen LogP) is 2.03. The molecule has 62 valence electrons. The van der Waals surface area contributed by atoms with Crippen molar-refractivity contribution < 1.29 is 8.78 Å². The summed E-state index contributed by atoms with van der Waals surface area (Å²) >= 11 is 0. The zero-order chi connectivity index (χ0) is 8.72. The molecule has 4 heteroatoms. The molecule has 0 fully saturated rings. The third-order valence-electron chi connectivity index (χ3n) is 1.76. The van der Waals surface area contributed by atoms with Crippen LogP contribution in [-0.2, 0) is 0 Å². The van der Waals surface area contributed by atoms with Crippen LogP contribution in [0.1, 0.15) is 0 Å². The zero-order valence-corrected chi connectivity index (χ0v) is 6.07. The molecule has 1 aromatic heterocycles. The smallest absolute Gasteiger partial charge is 0.168 e. The summed E-state index contributed by atoms with van der Waals surface area (Å²) in [5.74, 6) is -1.78. The largest absolute Gasteiger partial charge is 0.397 e. The number of halogens is 2. The number of benzene rings is 1. The summed E-state index contributed by atoms with van der Waals surface area (Å²) in [6.45, 7) is 0. The first-order chi connectivity index (χ1) is 5.70. The summed E-state index contributed by atoms with van der Waals surface area (Å²) in [5.41, 5.74) is 6.09. The van der Waals surface area contributed by atoms with Crippen LogP contribution in [0.25, 0.3) is 10.9 Å². The first-order valence-corrected chi connectivity index (χ1v) is 3.40. The van der Waals surface area contributed by atoms with E-state index in [0.29, 0.717) is 5.52 Å². The number of aromatic amines is 1. The first-order valence-electron chi connectivity index (χ1n) is 3.40. The van der Waals surface area contributed by atoms with Gasteiger partial charge in [-0.15, -0.1) is 0 Å². The van der Waals surface area contributed by atoms with E-state index in [2.05, 4.69) is 4.98 Å². The fourth-order valence-electron chi connectivity index (χ4n) is 1.19. The number of hydrogen-bond donors (Lipinski definition) is 2. The van der Waals surface area contributed by atoms with Gasteiger partial charge in [-0.3, -0.25) is 0 Å². The Labute approximate surface area is 67.0 Å². The summed E-state index contributed by atoms with van der Waals surface area (Å²) in [6, 6.07) is 2.41. The predicted molar refractivity (Wildman–Crippen MR) is 42.6 cm³/mol. The minimum absolute atomic E-state index is 0.188. The lowest BCUT2D eigenvalue weighted by molar-refractivity contribution is 0.517. The fraction of sp³-hybridized carbons (Fsp3) is 0. The van der Waals surface area contributed by atoms with Crippen LogP contribution >= 0.6 is 0 Å². The van der Waals surface area contributed by atoms with Crippen LogP contribution in [0, 0.1) is 11.6 Å². The summed E-state index contributed by atoms with van der Waals surface area (Å²) in [6.07, 6.45) is 1.52. The Hall–Kier alpha value is -1.58. The Bertz CT molecular complexity index is 434. The third-order valence-corrected chi connectivity index (χ3v) is 1.76. The molecule has 3 N–H and O–H groups in total. The first kappa shape index (κ1) is 7.09. The van der Waals surface area contributed by atoms with E-state index < -0.39 is 11.6 Å². The molecule has 0 spiro atoms. The van der Waals surface area contributed by atoms with Crippen molar-refractivity contribution >= 4 is 16.6 Å². The summed E-state index contributed by atoms with van der Waals surface area (Å²) in [7, 11) is 0. The minimum atomic E-state index is -0.917. The number of aromatic nitrogens is 1. The molecule has 1 heterocycles. The lowest BCUT2D eigenvalue weighted by Crippen LogP contribution is -1.92. The number of nitrogen functional groups attached to an aromatic ring is 1. The lowest BCUT2D eigenvalue weighted by Gasteiger charge is -1.98. The fourth-order valence-corrected chi connectivity index (χ4v) is 1.19. The Kier molecular flexibility index (Phi) is 1.30. The number of nitrogens with one attached hydrogen (secondary N) is 1. The number of nitrogens with two attached hydrogens (primary N) is 1. The maximum absolute atomic E-state index is 13.0. The van der Waals surface area contributed by atoms with Crippen molar-refractivity contribution in [2.24, 2.45) is 0 Å². The second-order valence-corrected chi connectivity index (χ2v) is 2.53. The molecule has 2 nitrogen and oxygen atoms in total. The normalized spacial score (nSPS) is 10.8. The van der Waals surface area contributed by atoms with Gasteiger partial charge in [0.2, 0.25) is 0 Å². The molecule has 0 saturated carbocycles. The maximum atomic E-state index is 13.0. The molecule has 0 unspecified atom stereocenters. The van der Waals surface area contributed by atoms with Crippen molar-refractivity contribution in [1.82, 2.24) is 4.98 Å². The van der Waals surface area contributed by atoms with Crippen molar-refractivity contribution in [2.45, 2.75) is 0 Å². The van der Waals surface area contributed by atoms with Gasteiger partial charge in [-0.05, 0) is 6.07 Å². The highest BCUT2D eigenvalue weighted by atomic mass is 19.2.